The van der Waals surface area contributed by atoms with Gasteiger partial charge in [0.15, 0.2) is 5.82 Å². The summed E-state index contributed by atoms with van der Waals surface area (Å²) in [5.74, 6) is 1.16. The van der Waals surface area contributed by atoms with Gasteiger partial charge >= 0.3 is 0 Å². The number of anilines is 2. The highest BCUT2D eigenvalue weighted by Gasteiger charge is 2.01. The Morgan fingerprint density at radius 3 is 2.61 bits per heavy atom. The minimum atomic E-state index is 0.476. The first-order chi connectivity index (χ1) is 11.3. The summed E-state index contributed by atoms with van der Waals surface area (Å²) in [6.45, 7) is 3.33. The van der Waals surface area contributed by atoms with Crippen LogP contribution < -0.4 is 10.6 Å². The first kappa shape index (κ1) is 14.9. The molecule has 0 radical (unpaired) electrons. The monoisotopic (exact) mass is 306 g/mol. The quantitative estimate of drug-likeness (QED) is 0.729. The summed E-state index contributed by atoms with van der Waals surface area (Å²) in [6, 6.07) is 14.2. The fourth-order valence-corrected chi connectivity index (χ4v) is 2.03. The van der Waals surface area contributed by atoms with Crippen molar-refractivity contribution in [2.45, 2.75) is 20.0 Å². The molecule has 0 bridgehead atoms. The van der Waals surface area contributed by atoms with Crippen LogP contribution in [0.5, 0.6) is 0 Å². The normalized spacial score (nSPS) is 10.3. The number of aryl methyl sites for hydroxylation is 1. The average molecular weight is 306 g/mol. The van der Waals surface area contributed by atoms with Crippen LogP contribution in [0.25, 0.3) is 0 Å². The lowest BCUT2D eigenvalue weighted by Gasteiger charge is -2.08. The van der Waals surface area contributed by atoms with Crippen LogP contribution >= 0.6 is 0 Å². The first-order valence-electron chi connectivity index (χ1n) is 7.42. The number of nitrogens with one attached hydrogen (secondary N) is 2. The molecule has 0 fully saturated rings. The lowest BCUT2D eigenvalue weighted by Crippen LogP contribution is -2.08. The molecule has 23 heavy (non-hydrogen) atoms. The molecular weight excluding hydrogens is 288 g/mol. The number of rotatable bonds is 6. The predicted molar refractivity (Wildman–Crippen MR) is 89.9 cm³/mol. The van der Waals surface area contributed by atoms with Crippen molar-refractivity contribution in [3.05, 3.63) is 71.7 Å². The van der Waals surface area contributed by atoms with Crippen molar-refractivity contribution in [3.8, 4) is 0 Å². The highest BCUT2D eigenvalue weighted by molar-refractivity contribution is 5.38. The highest BCUT2D eigenvalue weighted by atomic mass is 15.3. The second-order valence-corrected chi connectivity index (χ2v) is 5.18. The Bertz CT molecular complexity index is 743. The van der Waals surface area contributed by atoms with Gasteiger partial charge in [0, 0.05) is 12.7 Å². The second-order valence-electron chi connectivity index (χ2n) is 5.18. The smallest absolute Gasteiger partial charge is 0.245 e. The molecule has 6 nitrogen and oxygen atoms in total. The van der Waals surface area contributed by atoms with Crippen molar-refractivity contribution >= 4 is 11.8 Å². The Kier molecular flexibility index (Phi) is 4.73. The summed E-state index contributed by atoms with van der Waals surface area (Å²) >= 11 is 0. The molecular formula is C17H18N6. The largest absolute Gasteiger partial charge is 0.365 e. The molecule has 2 aromatic heterocycles. The van der Waals surface area contributed by atoms with Crippen LogP contribution in [0.2, 0.25) is 0 Å². The summed E-state index contributed by atoms with van der Waals surface area (Å²) in [6.07, 6.45) is 3.37. The zero-order valence-electron chi connectivity index (χ0n) is 12.9. The third-order valence-corrected chi connectivity index (χ3v) is 3.31. The van der Waals surface area contributed by atoms with Crippen molar-refractivity contribution in [3.63, 3.8) is 0 Å². The summed E-state index contributed by atoms with van der Waals surface area (Å²) in [4.78, 5) is 8.64. The second kappa shape index (κ2) is 7.31. The Balaban J connectivity index is 1.57. The molecule has 0 saturated carbocycles. The van der Waals surface area contributed by atoms with E-state index >= 15 is 0 Å². The van der Waals surface area contributed by atoms with E-state index in [2.05, 4.69) is 62.0 Å². The maximum Gasteiger partial charge on any atom is 0.245 e. The zero-order valence-corrected chi connectivity index (χ0v) is 12.9. The number of hydrogen-bond donors (Lipinski definition) is 2. The van der Waals surface area contributed by atoms with E-state index in [-0.39, 0.29) is 0 Å². The minimum Gasteiger partial charge on any atom is -0.365 e. The highest BCUT2D eigenvalue weighted by Crippen LogP contribution is 2.08. The van der Waals surface area contributed by atoms with Crippen LogP contribution in [0.15, 0.2) is 54.9 Å². The summed E-state index contributed by atoms with van der Waals surface area (Å²) in [5.41, 5.74) is 3.37. The average Bonchev–Trinajstić information content (AvgIpc) is 2.61. The molecule has 0 aliphatic heterocycles. The van der Waals surface area contributed by atoms with Crippen LogP contribution in [0, 0.1) is 6.92 Å². The Hall–Kier alpha value is -3.02. The first-order valence-corrected chi connectivity index (χ1v) is 7.42. The summed E-state index contributed by atoms with van der Waals surface area (Å²) < 4.78 is 0. The van der Waals surface area contributed by atoms with E-state index in [4.69, 9.17) is 0 Å². The maximum atomic E-state index is 4.40. The van der Waals surface area contributed by atoms with Gasteiger partial charge in [-0.25, -0.2) is 0 Å². The fourth-order valence-electron chi connectivity index (χ4n) is 2.03. The molecule has 2 heterocycles. The number of hydrogen-bond acceptors (Lipinski definition) is 6. The molecule has 3 rings (SSSR count). The Morgan fingerprint density at radius 1 is 0.957 bits per heavy atom. The molecule has 0 spiro atoms. The molecule has 0 atom stereocenters. The fraction of sp³-hybridized carbons (Fsp3) is 0.176. The van der Waals surface area contributed by atoms with E-state index in [0.29, 0.717) is 24.9 Å². The number of aromatic nitrogens is 4. The van der Waals surface area contributed by atoms with Gasteiger partial charge in [-0.05, 0) is 24.6 Å². The van der Waals surface area contributed by atoms with Gasteiger partial charge in [0.25, 0.3) is 0 Å². The number of benzene rings is 1. The van der Waals surface area contributed by atoms with Crippen LogP contribution in [0.3, 0.4) is 0 Å². The maximum absolute atomic E-state index is 4.40. The van der Waals surface area contributed by atoms with E-state index in [1.807, 2.05) is 18.2 Å². The molecule has 0 amide bonds. The molecule has 0 aliphatic carbocycles. The predicted octanol–water partition coefficient (Wildman–Crippen LogP) is 2.80. The molecule has 1 aromatic carbocycles. The summed E-state index contributed by atoms with van der Waals surface area (Å²) in [7, 11) is 0. The third-order valence-electron chi connectivity index (χ3n) is 3.31. The molecule has 0 saturated heterocycles. The van der Waals surface area contributed by atoms with E-state index in [1.165, 1.54) is 11.1 Å². The van der Waals surface area contributed by atoms with Crippen molar-refractivity contribution in [1.29, 1.82) is 0 Å². The van der Waals surface area contributed by atoms with Crippen molar-refractivity contribution in [2.24, 2.45) is 0 Å². The van der Waals surface area contributed by atoms with E-state index in [1.54, 1.807) is 12.4 Å². The summed E-state index contributed by atoms with van der Waals surface area (Å²) in [5, 5.41) is 14.3. The van der Waals surface area contributed by atoms with Crippen LogP contribution in [0.4, 0.5) is 11.8 Å². The van der Waals surface area contributed by atoms with Gasteiger partial charge in [0.05, 0.1) is 18.4 Å². The zero-order chi connectivity index (χ0) is 15.9. The molecule has 3 aromatic rings. The number of nitrogens with zero attached hydrogens (tertiary/aromatic N) is 4. The van der Waals surface area contributed by atoms with Gasteiger partial charge in [-0.15, -0.1) is 5.10 Å². The van der Waals surface area contributed by atoms with Gasteiger partial charge in [-0.2, -0.15) is 10.1 Å². The third kappa shape index (κ3) is 4.47. The molecule has 0 unspecified atom stereocenters. The van der Waals surface area contributed by atoms with E-state index in [9.17, 15) is 0 Å². The van der Waals surface area contributed by atoms with Crippen LogP contribution in [-0.2, 0) is 13.1 Å². The molecule has 6 heteroatoms. The van der Waals surface area contributed by atoms with Crippen molar-refractivity contribution in [2.75, 3.05) is 10.6 Å². The minimum absolute atomic E-state index is 0.476. The van der Waals surface area contributed by atoms with Gasteiger partial charge in [-0.3, -0.25) is 4.98 Å². The van der Waals surface area contributed by atoms with E-state index in [0.717, 1.165) is 5.69 Å². The Labute approximate surface area is 135 Å². The lowest BCUT2D eigenvalue weighted by atomic mass is 10.1. The molecule has 0 aliphatic rings. The van der Waals surface area contributed by atoms with Gasteiger partial charge in [0.1, 0.15) is 0 Å². The van der Waals surface area contributed by atoms with Crippen molar-refractivity contribution in [1.82, 2.24) is 20.2 Å². The van der Waals surface area contributed by atoms with Crippen molar-refractivity contribution < 1.29 is 0 Å². The SMILES string of the molecule is Cc1ccc(CNc2cnnc(NCc3ccccn3)n2)cc1. The van der Waals surface area contributed by atoms with Gasteiger partial charge in [-0.1, -0.05) is 35.9 Å². The molecule has 2 N–H and O–H groups in total. The van der Waals surface area contributed by atoms with Gasteiger partial charge < -0.3 is 10.6 Å². The van der Waals surface area contributed by atoms with Crippen LogP contribution in [0.1, 0.15) is 16.8 Å². The standard InChI is InChI=1S/C17H18N6/c1-13-5-7-14(8-6-13)10-19-16-12-21-23-17(22-16)20-11-15-4-2-3-9-18-15/h2-9,12H,10-11H2,1H3,(H2,19,20,22,23). The topological polar surface area (TPSA) is 75.6 Å². The Morgan fingerprint density at radius 2 is 1.83 bits per heavy atom. The van der Waals surface area contributed by atoms with E-state index < -0.39 is 0 Å². The van der Waals surface area contributed by atoms with Crippen LogP contribution in [-0.4, -0.2) is 20.2 Å². The lowest BCUT2D eigenvalue weighted by molar-refractivity contribution is 0.925. The number of pyridine rings is 1. The molecule has 116 valence electrons. The van der Waals surface area contributed by atoms with Gasteiger partial charge in [0.2, 0.25) is 5.95 Å².